The number of rotatable bonds is 4. The number of amides is 1. The number of carbonyl (C=O) groups is 2. The summed E-state index contributed by atoms with van der Waals surface area (Å²) in [6, 6.07) is 4.44. The number of benzene rings is 1. The van der Waals surface area contributed by atoms with Gasteiger partial charge in [0.05, 0.1) is 13.5 Å². The van der Waals surface area contributed by atoms with Crippen molar-refractivity contribution < 1.29 is 24.5 Å². The molecule has 25 heavy (non-hydrogen) atoms. The van der Waals surface area contributed by atoms with Crippen molar-refractivity contribution in [2.75, 3.05) is 7.11 Å². The lowest BCUT2D eigenvalue weighted by Gasteiger charge is -2.29. The second-order valence-electron chi connectivity index (χ2n) is 6.66. The Morgan fingerprint density at radius 1 is 1.20 bits per heavy atom. The molecule has 0 bridgehead atoms. The van der Waals surface area contributed by atoms with Crippen molar-refractivity contribution in [1.29, 1.82) is 0 Å². The number of carboxylic acid groups (broad SMARTS) is 2. The highest BCUT2D eigenvalue weighted by atomic mass is 16.6. The number of hydrogen-bond donors (Lipinski definition) is 3. The molecule has 6 heteroatoms. The van der Waals surface area contributed by atoms with Crippen LogP contribution in [0.3, 0.4) is 0 Å². The van der Waals surface area contributed by atoms with E-state index in [9.17, 15) is 4.79 Å². The second kappa shape index (κ2) is 9.91. The summed E-state index contributed by atoms with van der Waals surface area (Å²) < 4.78 is 5.44. The van der Waals surface area contributed by atoms with Gasteiger partial charge in [0, 0.05) is 11.6 Å². The molecule has 3 N–H and O–H groups in total. The van der Waals surface area contributed by atoms with Gasteiger partial charge in [-0.1, -0.05) is 25.8 Å². The van der Waals surface area contributed by atoms with Crippen molar-refractivity contribution in [3.63, 3.8) is 0 Å². The van der Waals surface area contributed by atoms with Crippen LogP contribution in [-0.2, 0) is 11.2 Å². The number of ether oxygens (including phenoxy) is 1. The maximum Gasteiger partial charge on any atom is 0.503 e. The molecule has 0 aromatic heterocycles. The molecule has 0 spiro atoms. The minimum Gasteiger partial charge on any atom is -0.496 e. The Kier molecular flexibility index (Phi) is 8.25. The van der Waals surface area contributed by atoms with E-state index < -0.39 is 6.16 Å². The zero-order valence-electron chi connectivity index (χ0n) is 15.5. The third-order valence-corrected chi connectivity index (χ3v) is 4.59. The summed E-state index contributed by atoms with van der Waals surface area (Å²) in [6.07, 6.45) is 3.41. The van der Waals surface area contributed by atoms with Crippen LogP contribution in [0.5, 0.6) is 5.75 Å². The maximum absolute atomic E-state index is 12.4. The fourth-order valence-electron chi connectivity index (χ4n) is 3.32. The van der Waals surface area contributed by atoms with Crippen molar-refractivity contribution in [1.82, 2.24) is 5.32 Å². The van der Waals surface area contributed by atoms with Gasteiger partial charge in [-0.2, -0.15) is 0 Å². The number of nitrogens with one attached hydrogen (secondary N) is 1. The Morgan fingerprint density at radius 2 is 1.80 bits per heavy atom. The summed E-state index contributed by atoms with van der Waals surface area (Å²) >= 11 is 0. The molecule has 1 saturated carbocycles. The zero-order chi connectivity index (χ0) is 19.0. The molecule has 1 aliphatic rings. The van der Waals surface area contributed by atoms with Gasteiger partial charge in [0.2, 0.25) is 5.91 Å². The number of carbonyl (C=O) groups excluding carboxylic acids is 1. The predicted molar refractivity (Wildman–Crippen MR) is 96.4 cm³/mol. The van der Waals surface area contributed by atoms with E-state index in [1.54, 1.807) is 7.11 Å². The number of methoxy groups -OCH3 is 1. The summed E-state index contributed by atoms with van der Waals surface area (Å²) in [5, 5.41) is 17.2. The summed E-state index contributed by atoms with van der Waals surface area (Å²) in [4.78, 5) is 20.9. The topological polar surface area (TPSA) is 95.9 Å². The minimum atomic E-state index is -1.83. The Hall–Kier alpha value is -2.24. The third-order valence-electron chi connectivity index (χ3n) is 4.59. The van der Waals surface area contributed by atoms with E-state index in [1.165, 1.54) is 19.3 Å². The SMILES string of the molecule is COc1cc(C)cc(C)c1CC(=O)NC1CCCCC1C.O=C(O)O. The van der Waals surface area contributed by atoms with Crippen LogP contribution in [0.1, 0.15) is 49.3 Å². The highest BCUT2D eigenvalue weighted by Gasteiger charge is 2.23. The predicted octanol–water partition coefficient (Wildman–Crippen LogP) is 3.77. The highest BCUT2D eigenvalue weighted by molar-refractivity contribution is 5.80. The first-order chi connectivity index (χ1) is 11.7. The Morgan fingerprint density at radius 3 is 2.36 bits per heavy atom. The fourth-order valence-corrected chi connectivity index (χ4v) is 3.32. The van der Waals surface area contributed by atoms with Gasteiger partial charge >= 0.3 is 6.16 Å². The fraction of sp³-hybridized carbons (Fsp3) is 0.579. The molecule has 6 nitrogen and oxygen atoms in total. The molecule has 0 radical (unpaired) electrons. The monoisotopic (exact) mass is 351 g/mol. The van der Waals surface area contributed by atoms with Gasteiger partial charge in [0.25, 0.3) is 0 Å². The molecule has 1 aromatic carbocycles. The largest absolute Gasteiger partial charge is 0.503 e. The van der Waals surface area contributed by atoms with Gasteiger partial charge in [-0.25, -0.2) is 4.79 Å². The molecule has 0 aliphatic heterocycles. The highest BCUT2D eigenvalue weighted by Crippen LogP contribution is 2.26. The molecule has 140 valence electrons. The Bertz CT molecular complexity index is 596. The van der Waals surface area contributed by atoms with Crippen LogP contribution in [-0.4, -0.2) is 35.4 Å². The molecule has 1 fully saturated rings. The summed E-state index contributed by atoms with van der Waals surface area (Å²) in [5.74, 6) is 1.52. The summed E-state index contributed by atoms with van der Waals surface area (Å²) in [7, 11) is 1.67. The van der Waals surface area contributed by atoms with Crippen LogP contribution in [0.25, 0.3) is 0 Å². The van der Waals surface area contributed by atoms with Crippen molar-refractivity contribution in [2.24, 2.45) is 5.92 Å². The van der Waals surface area contributed by atoms with E-state index in [1.807, 2.05) is 19.9 Å². The minimum absolute atomic E-state index is 0.110. The first-order valence-electron chi connectivity index (χ1n) is 8.60. The number of aryl methyl sites for hydroxylation is 2. The first-order valence-corrected chi connectivity index (χ1v) is 8.60. The molecule has 2 rings (SSSR count). The number of hydrogen-bond acceptors (Lipinski definition) is 3. The van der Waals surface area contributed by atoms with E-state index in [2.05, 4.69) is 18.3 Å². The lowest BCUT2D eigenvalue weighted by molar-refractivity contribution is -0.121. The third kappa shape index (κ3) is 7.03. The average molecular weight is 351 g/mol. The second-order valence-corrected chi connectivity index (χ2v) is 6.66. The smallest absolute Gasteiger partial charge is 0.496 e. The van der Waals surface area contributed by atoms with Crippen LogP contribution in [0, 0.1) is 19.8 Å². The van der Waals surface area contributed by atoms with Crippen molar-refractivity contribution in [2.45, 2.75) is 58.9 Å². The van der Waals surface area contributed by atoms with Crippen LogP contribution in [0.15, 0.2) is 12.1 Å². The molecule has 2 unspecified atom stereocenters. The maximum atomic E-state index is 12.4. The normalized spacial score (nSPS) is 19.4. The van der Waals surface area contributed by atoms with Crippen LogP contribution in [0.2, 0.25) is 0 Å². The van der Waals surface area contributed by atoms with E-state index >= 15 is 0 Å². The lowest BCUT2D eigenvalue weighted by atomic mass is 9.86. The Labute approximate surface area is 149 Å². The van der Waals surface area contributed by atoms with Gasteiger partial charge < -0.3 is 20.3 Å². The molecule has 0 heterocycles. The van der Waals surface area contributed by atoms with Crippen molar-refractivity contribution in [3.8, 4) is 5.75 Å². The molecular weight excluding hydrogens is 322 g/mol. The van der Waals surface area contributed by atoms with E-state index in [0.717, 1.165) is 28.9 Å². The van der Waals surface area contributed by atoms with Crippen molar-refractivity contribution in [3.05, 3.63) is 28.8 Å². The average Bonchev–Trinajstić information content (AvgIpc) is 2.51. The van der Waals surface area contributed by atoms with Gasteiger partial charge in [0.15, 0.2) is 0 Å². The molecule has 0 saturated heterocycles. The van der Waals surface area contributed by atoms with E-state index in [0.29, 0.717) is 18.4 Å². The molecule has 2 atom stereocenters. The van der Waals surface area contributed by atoms with Crippen LogP contribution in [0.4, 0.5) is 4.79 Å². The quantitative estimate of drug-likeness (QED) is 0.767. The zero-order valence-corrected chi connectivity index (χ0v) is 15.5. The van der Waals surface area contributed by atoms with E-state index in [4.69, 9.17) is 19.7 Å². The van der Waals surface area contributed by atoms with Crippen LogP contribution >= 0.6 is 0 Å². The van der Waals surface area contributed by atoms with Crippen molar-refractivity contribution >= 4 is 12.1 Å². The van der Waals surface area contributed by atoms with Gasteiger partial charge in [-0.15, -0.1) is 0 Å². The van der Waals surface area contributed by atoms with E-state index in [-0.39, 0.29) is 5.91 Å². The molecule has 1 amide bonds. The Balaban J connectivity index is 0.000000705. The van der Waals surface area contributed by atoms with Gasteiger partial charge in [0.1, 0.15) is 5.75 Å². The van der Waals surface area contributed by atoms with Crippen LogP contribution < -0.4 is 10.1 Å². The van der Waals surface area contributed by atoms with Gasteiger partial charge in [-0.3, -0.25) is 4.79 Å². The summed E-state index contributed by atoms with van der Waals surface area (Å²) in [6.45, 7) is 6.33. The lowest BCUT2D eigenvalue weighted by Crippen LogP contribution is -2.41. The molecule has 1 aliphatic carbocycles. The van der Waals surface area contributed by atoms with Gasteiger partial charge in [-0.05, 0) is 49.8 Å². The molecular formula is C19H29NO5. The molecule has 1 aromatic rings. The standard InChI is InChI=1S/C18H27NO2.CH2O3/c1-12-9-14(3)15(17(10-12)21-4)11-18(20)19-16-8-6-5-7-13(16)2;2-1(3)4/h9-10,13,16H,5-8,11H2,1-4H3,(H,19,20);(H2,2,3,4). The first kappa shape index (κ1) is 20.8. The summed E-state index contributed by atoms with van der Waals surface area (Å²) in [5.41, 5.74) is 3.29.